The van der Waals surface area contributed by atoms with E-state index in [1.54, 1.807) is 0 Å². The lowest BCUT2D eigenvalue weighted by Gasteiger charge is -2.47. The second kappa shape index (κ2) is 13.5. The number of nitrogens with zero attached hydrogens (tertiary/aromatic N) is 1. The average Bonchev–Trinajstić information content (AvgIpc) is 2.97. The first-order valence-corrected chi connectivity index (χ1v) is 15.4. The highest BCUT2D eigenvalue weighted by Gasteiger charge is 2.35. The van der Waals surface area contributed by atoms with Gasteiger partial charge in [0.1, 0.15) is 6.15 Å². The van der Waals surface area contributed by atoms with Crippen LogP contribution in [0.15, 0.2) is 84.9 Å². The van der Waals surface area contributed by atoms with Gasteiger partial charge in [-0.25, -0.2) is 0 Å². The van der Waals surface area contributed by atoms with Gasteiger partial charge in [0.25, 0.3) is 0 Å². The van der Waals surface area contributed by atoms with Crippen LogP contribution >= 0.6 is 0 Å². The lowest BCUT2D eigenvalue weighted by atomic mass is 9.12. The van der Waals surface area contributed by atoms with Gasteiger partial charge in [-0.3, -0.25) is 0 Å². The van der Waals surface area contributed by atoms with Crippen LogP contribution in [0.5, 0.6) is 0 Å². The molecular weight excluding hydrogens is 481 g/mol. The number of aryl methyl sites for hydroxylation is 6. The van der Waals surface area contributed by atoms with Crippen LogP contribution in [-0.4, -0.2) is 36.8 Å². The summed E-state index contributed by atoms with van der Waals surface area (Å²) in [5.41, 5.74) is 13.6. The Balaban J connectivity index is 0.000000424. The Morgan fingerprint density at radius 1 is 0.450 bits per heavy atom. The second-order valence-electron chi connectivity index (χ2n) is 12.0. The first-order valence-electron chi connectivity index (χ1n) is 15.4. The molecule has 0 saturated carbocycles. The van der Waals surface area contributed by atoms with Crippen molar-refractivity contribution in [3.63, 3.8) is 0 Å². The summed E-state index contributed by atoms with van der Waals surface area (Å²) in [6, 6.07) is 32.0. The Hall–Kier alpha value is -3.10. The minimum atomic E-state index is -1.35. The molecule has 0 amide bonds. The SMILES string of the molecule is CC[N+](CC)(CC)CC.Cc1ccc(C)c([B-](c2ccccc2)(c2cc(C)ccc2C)c2cc(C)ccc2C)c1. The molecule has 4 aromatic carbocycles. The maximum Gasteiger partial charge on any atom is 0.109 e. The molecule has 0 N–H and O–H groups in total. The van der Waals surface area contributed by atoms with E-state index in [1.807, 2.05) is 0 Å². The van der Waals surface area contributed by atoms with E-state index in [4.69, 9.17) is 0 Å². The minimum Gasteiger partial charge on any atom is -0.325 e. The highest BCUT2D eigenvalue weighted by atomic mass is 15.3. The number of benzene rings is 4. The highest BCUT2D eigenvalue weighted by Crippen LogP contribution is 2.18. The molecule has 0 aliphatic carbocycles. The largest absolute Gasteiger partial charge is 0.325 e. The predicted octanol–water partition coefficient (Wildman–Crippen LogP) is 6.80. The van der Waals surface area contributed by atoms with Crippen molar-refractivity contribution in [1.82, 2.24) is 0 Å². The van der Waals surface area contributed by atoms with Crippen LogP contribution in [-0.2, 0) is 0 Å². The quantitative estimate of drug-likeness (QED) is 0.173. The minimum absolute atomic E-state index is 1.28. The molecule has 0 bridgehead atoms. The number of hydrogen-bond donors (Lipinski definition) is 0. The number of rotatable bonds is 8. The molecule has 0 aliphatic heterocycles. The van der Waals surface area contributed by atoms with Gasteiger partial charge in [0.2, 0.25) is 0 Å². The Morgan fingerprint density at radius 3 is 1.05 bits per heavy atom. The van der Waals surface area contributed by atoms with Crippen LogP contribution in [0, 0.1) is 41.5 Å². The Bertz CT molecular complexity index is 1260. The molecule has 0 radical (unpaired) electrons. The van der Waals surface area contributed by atoms with Gasteiger partial charge in [-0.2, -0.15) is 21.9 Å². The van der Waals surface area contributed by atoms with Crippen molar-refractivity contribution < 1.29 is 4.48 Å². The first kappa shape index (κ1) is 31.4. The van der Waals surface area contributed by atoms with E-state index in [9.17, 15) is 0 Å². The van der Waals surface area contributed by atoms with Crippen LogP contribution in [0.4, 0.5) is 0 Å². The molecule has 212 valence electrons. The standard InChI is InChI=1S/C30H32B.C8H20N/c1-21-12-15-24(4)28(18-21)31(27-10-8-7-9-11-27,29-19-22(2)13-16-25(29)5)30-20-23(3)14-17-26(30)6;1-5-9(6-2,7-3)8-4/h7-20H,1-6H3;5-8H2,1-4H3/q-1;+1. The summed E-state index contributed by atoms with van der Waals surface area (Å²) >= 11 is 0. The van der Waals surface area contributed by atoms with Crippen LogP contribution < -0.4 is 21.9 Å². The topological polar surface area (TPSA) is 0 Å². The molecule has 0 atom stereocenters. The van der Waals surface area contributed by atoms with E-state index in [0.717, 1.165) is 0 Å². The van der Waals surface area contributed by atoms with Crippen molar-refractivity contribution in [2.75, 3.05) is 26.2 Å². The van der Waals surface area contributed by atoms with Gasteiger partial charge in [-0.1, -0.05) is 118 Å². The highest BCUT2D eigenvalue weighted by molar-refractivity contribution is 7.20. The van der Waals surface area contributed by atoms with E-state index >= 15 is 0 Å². The zero-order valence-corrected chi connectivity index (χ0v) is 26.9. The molecule has 1 nitrogen and oxygen atoms in total. The van der Waals surface area contributed by atoms with Gasteiger partial charge in [-0.05, 0) is 69.2 Å². The summed E-state index contributed by atoms with van der Waals surface area (Å²) in [6.07, 6.45) is -1.35. The van der Waals surface area contributed by atoms with Crippen molar-refractivity contribution in [3.05, 3.63) is 118 Å². The molecule has 0 fully saturated rings. The van der Waals surface area contributed by atoms with E-state index in [0.29, 0.717) is 0 Å². The summed E-state index contributed by atoms with van der Waals surface area (Å²) in [6.45, 7) is 27.7. The molecule has 4 aromatic rings. The van der Waals surface area contributed by atoms with E-state index in [2.05, 4.69) is 154 Å². The molecule has 2 heteroatoms. The summed E-state index contributed by atoms with van der Waals surface area (Å²) < 4.78 is 1.28. The summed E-state index contributed by atoms with van der Waals surface area (Å²) in [4.78, 5) is 0. The molecule has 0 saturated heterocycles. The fourth-order valence-corrected chi connectivity index (χ4v) is 6.80. The molecule has 0 unspecified atom stereocenters. The van der Waals surface area contributed by atoms with Crippen LogP contribution in [0.25, 0.3) is 0 Å². The summed E-state index contributed by atoms with van der Waals surface area (Å²) in [7, 11) is 0. The third-order valence-corrected chi connectivity index (χ3v) is 9.69. The Kier molecular flexibility index (Phi) is 10.6. The third-order valence-electron chi connectivity index (χ3n) is 9.69. The van der Waals surface area contributed by atoms with Crippen molar-refractivity contribution in [2.24, 2.45) is 0 Å². The Labute approximate surface area is 245 Å². The van der Waals surface area contributed by atoms with Gasteiger partial charge in [0.15, 0.2) is 0 Å². The maximum absolute atomic E-state index is 2.42. The van der Waals surface area contributed by atoms with E-state index in [1.165, 1.54) is 85.9 Å². The average molecular weight is 534 g/mol. The summed E-state index contributed by atoms with van der Waals surface area (Å²) in [5.74, 6) is 0. The van der Waals surface area contributed by atoms with Gasteiger partial charge < -0.3 is 4.48 Å². The van der Waals surface area contributed by atoms with E-state index < -0.39 is 6.15 Å². The molecule has 0 aliphatic rings. The zero-order valence-electron chi connectivity index (χ0n) is 26.9. The fourth-order valence-electron chi connectivity index (χ4n) is 6.80. The molecule has 40 heavy (non-hydrogen) atoms. The molecule has 0 aromatic heterocycles. The predicted molar refractivity (Wildman–Crippen MR) is 181 cm³/mol. The maximum atomic E-state index is 2.42. The van der Waals surface area contributed by atoms with Crippen molar-refractivity contribution in [1.29, 1.82) is 0 Å². The van der Waals surface area contributed by atoms with Crippen LogP contribution in [0.3, 0.4) is 0 Å². The molecule has 0 heterocycles. The van der Waals surface area contributed by atoms with Gasteiger partial charge in [0, 0.05) is 0 Å². The van der Waals surface area contributed by atoms with Crippen molar-refractivity contribution in [3.8, 4) is 0 Å². The van der Waals surface area contributed by atoms with Gasteiger partial charge in [0.05, 0.1) is 26.2 Å². The fraction of sp³-hybridized carbons (Fsp3) is 0.368. The summed E-state index contributed by atoms with van der Waals surface area (Å²) in [5, 5.41) is 0. The second-order valence-corrected chi connectivity index (χ2v) is 12.0. The molecular formula is C38H52BN. The van der Waals surface area contributed by atoms with Crippen LogP contribution in [0.2, 0.25) is 0 Å². The molecule has 0 spiro atoms. The van der Waals surface area contributed by atoms with Gasteiger partial charge in [-0.15, -0.1) is 0 Å². The lowest BCUT2D eigenvalue weighted by Crippen LogP contribution is -2.76. The van der Waals surface area contributed by atoms with Gasteiger partial charge >= 0.3 is 0 Å². The first-order chi connectivity index (χ1) is 19.1. The zero-order chi connectivity index (χ0) is 29.5. The van der Waals surface area contributed by atoms with Crippen molar-refractivity contribution in [2.45, 2.75) is 69.2 Å². The number of hydrogen-bond acceptors (Lipinski definition) is 0. The third kappa shape index (κ3) is 6.28. The monoisotopic (exact) mass is 533 g/mol. The smallest absolute Gasteiger partial charge is 0.109 e. The van der Waals surface area contributed by atoms with Crippen molar-refractivity contribution >= 4 is 28.0 Å². The van der Waals surface area contributed by atoms with E-state index in [-0.39, 0.29) is 0 Å². The number of quaternary nitrogens is 1. The lowest BCUT2D eigenvalue weighted by molar-refractivity contribution is -0.921. The molecule has 4 rings (SSSR count). The normalized spacial score (nSPS) is 11.7. The van der Waals surface area contributed by atoms with Crippen LogP contribution in [0.1, 0.15) is 61.1 Å². The Morgan fingerprint density at radius 2 is 0.775 bits per heavy atom.